The molecule has 2 rings (SSSR count). The molecule has 0 spiro atoms. The van der Waals surface area contributed by atoms with Crippen molar-refractivity contribution in [2.45, 2.75) is 85.0 Å². The topological polar surface area (TPSA) is 9.23 Å². The second-order valence-corrected chi connectivity index (χ2v) is 8.91. The Kier molecular flexibility index (Phi) is 14.9. The summed E-state index contributed by atoms with van der Waals surface area (Å²) in [4.78, 5) is 0. The lowest BCUT2D eigenvalue weighted by atomic mass is 10.1. The van der Waals surface area contributed by atoms with Gasteiger partial charge in [-0.3, -0.25) is 0 Å². The maximum absolute atomic E-state index is 5.94. The first kappa shape index (κ1) is 28.0. The van der Waals surface area contributed by atoms with E-state index >= 15 is 0 Å². The number of benzene rings is 2. The van der Waals surface area contributed by atoms with Crippen LogP contribution in [0.4, 0.5) is 0 Å². The lowest BCUT2D eigenvalue weighted by Crippen LogP contribution is -3.00. The van der Waals surface area contributed by atoms with Crippen LogP contribution in [0, 0.1) is 0 Å². The average molecular weight is 493 g/mol. The van der Waals surface area contributed by atoms with Gasteiger partial charge in [0.2, 0.25) is 0 Å². The minimum absolute atomic E-state index is 0. The van der Waals surface area contributed by atoms with Crippen LogP contribution >= 0.6 is 0 Å². The molecule has 0 fully saturated rings. The van der Waals surface area contributed by atoms with Gasteiger partial charge < -0.3 is 26.2 Å². The molecule has 176 valence electrons. The fraction of sp³-hybridized carbons (Fsp3) is 0.643. The Balaban J connectivity index is 0.00000480. The van der Waals surface area contributed by atoms with Gasteiger partial charge in [-0.1, -0.05) is 75.3 Å². The van der Waals surface area contributed by atoms with E-state index in [1.54, 1.807) is 0 Å². The number of nitrogens with zero attached hydrogens (tertiary/aromatic N) is 1. The molecule has 0 atom stereocenters. The Morgan fingerprint density at radius 2 is 1.13 bits per heavy atom. The lowest BCUT2D eigenvalue weighted by Gasteiger charge is -2.35. The van der Waals surface area contributed by atoms with Gasteiger partial charge in [-0.15, -0.1) is 0 Å². The summed E-state index contributed by atoms with van der Waals surface area (Å²) in [7, 11) is 0. The van der Waals surface area contributed by atoms with Gasteiger partial charge in [-0.2, -0.15) is 0 Å². The second-order valence-electron chi connectivity index (χ2n) is 8.91. The third-order valence-corrected chi connectivity index (χ3v) is 7.03. The van der Waals surface area contributed by atoms with Gasteiger partial charge in [0.15, 0.2) is 0 Å². The first-order chi connectivity index (χ1) is 14.7. The van der Waals surface area contributed by atoms with Crippen molar-refractivity contribution in [1.82, 2.24) is 0 Å². The first-order valence-corrected chi connectivity index (χ1v) is 12.7. The number of fused-ring (bicyclic) bond motifs is 1. The van der Waals surface area contributed by atoms with Crippen molar-refractivity contribution in [1.29, 1.82) is 0 Å². The molecule has 0 aromatic heterocycles. The summed E-state index contributed by atoms with van der Waals surface area (Å²) >= 11 is 0. The molecule has 0 aliphatic rings. The fourth-order valence-electron chi connectivity index (χ4n) is 4.56. The molecule has 2 nitrogen and oxygen atoms in total. The van der Waals surface area contributed by atoms with Gasteiger partial charge in [-0.05, 0) is 62.9 Å². The van der Waals surface area contributed by atoms with Gasteiger partial charge in [0.25, 0.3) is 0 Å². The monoisotopic (exact) mass is 491 g/mol. The summed E-state index contributed by atoms with van der Waals surface area (Å²) in [6.45, 7) is 13.1. The van der Waals surface area contributed by atoms with E-state index in [4.69, 9.17) is 4.74 Å². The van der Waals surface area contributed by atoms with Crippen LogP contribution in [0.15, 0.2) is 42.5 Å². The molecule has 0 bridgehead atoms. The Hall–Kier alpha value is -1.06. The predicted molar refractivity (Wildman–Crippen MR) is 132 cm³/mol. The maximum Gasteiger partial charge on any atom is 0.119 e. The van der Waals surface area contributed by atoms with Crippen LogP contribution in [-0.4, -0.2) is 37.3 Å². The predicted octanol–water partition coefficient (Wildman–Crippen LogP) is 5.00. The van der Waals surface area contributed by atoms with Gasteiger partial charge in [0.1, 0.15) is 5.75 Å². The average Bonchev–Trinajstić information content (AvgIpc) is 2.80. The van der Waals surface area contributed by atoms with Crippen molar-refractivity contribution in [2.75, 3.05) is 32.8 Å². The molecule has 2 aromatic rings. The van der Waals surface area contributed by atoms with Gasteiger partial charge in [-0.25, -0.2) is 0 Å². The van der Waals surface area contributed by atoms with Crippen molar-refractivity contribution in [3.05, 3.63) is 42.5 Å². The minimum Gasteiger partial charge on any atom is -1.00 e. The molecule has 0 saturated carbocycles. The lowest BCUT2D eigenvalue weighted by molar-refractivity contribution is -0.923. The van der Waals surface area contributed by atoms with Crippen LogP contribution in [-0.2, 0) is 0 Å². The molecule has 0 radical (unpaired) electrons. The highest BCUT2D eigenvalue weighted by Crippen LogP contribution is 2.21. The highest BCUT2D eigenvalue weighted by molar-refractivity contribution is 5.83. The van der Waals surface area contributed by atoms with Crippen LogP contribution in [0.25, 0.3) is 10.8 Å². The number of rotatable bonds is 17. The van der Waals surface area contributed by atoms with Crippen LogP contribution in [0.5, 0.6) is 5.75 Å². The van der Waals surface area contributed by atoms with Crippen LogP contribution in [0.1, 0.15) is 85.0 Å². The fourth-order valence-corrected chi connectivity index (χ4v) is 4.56. The van der Waals surface area contributed by atoms with Crippen LogP contribution in [0.2, 0.25) is 0 Å². The van der Waals surface area contributed by atoms with E-state index in [-0.39, 0.29) is 17.0 Å². The Bertz CT molecular complexity index is 690. The molecule has 0 amide bonds. The molecule has 0 unspecified atom stereocenters. The normalized spacial score (nSPS) is 11.5. The summed E-state index contributed by atoms with van der Waals surface area (Å²) in [5.74, 6) is 1.00. The largest absolute Gasteiger partial charge is 1.00 e. The summed E-state index contributed by atoms with van der Waals surface area (Å²) < 4.78 is 7.25. The molecule has 3 heteroatoms. The minimum atomic E-state index is 0. The van der Waals surface area contributed by atoms with Gasteiger partial charge in [0.05, 0.1) is 32.8 Å². The van der Waals surface area contributed by atoms with E-state index in [1.807, 2.05) is 0 Å². The van der Waals surface area contributed by atoms with E-state index < -0.39 is 0 Å². The smallest absolute Gasteiger partial charge is 0.119 e. The molecular formula is C28H46BrNO. The van der Waals surface area contributed by atoms with E-state index in [0.29, 0.717) is 0 Å². The Morgan fingerprint density at radius 3 is 1.71 bits per heavy atom. The van der Waals surface area contributed by atoms with Crippen molar-refractivity contribution < 1.29 is 26.2 Å². The summed E-state index contributed by atoms with van der Waals surface area (Å²) in [5, 5.41) is 2.54. The van der Waals surface area contributed by atoms with Crippen LogP contribution < -0.4 is 21.7 Å². The molecule has 0 N–H and O–H groups in total. The van der Waals surface area contributed by atoms with E-state index in [2.05, 4.69) is 63.2 Å². The standard InChI is InChI=1S/C28H46NO.BrH/c1-4-29(5-2,6-3)23-17-13-11-9-7-8-10-12-14-18-24-30-28-22-21-26-19-15-16-20-27(26)25-28;/h15-16,19-22,25H,4-14,17-18,23-24H2,1-3H3;1H/q+1;/p-1. The van der Waals surface area contributed by atoms with E-state index in [0.717, 1.165) is 12.4 Å². The van der Waals surface area contributed by atoms with Crippen molar-refractivity contribution in [3.63, 3.8) is 0 Å². The quantitative estimate of drug-likeness (QED) is 0.223. The number of hydrogen-bond acceptors (Lipinski definition) is 1. The molecule has 0 aliphatic carbocycles. The third-order valence-electron chi connectivity index (χ3n) is 7.03. The zero-order chi connectivity index (χ0) is 21.5. The number of quaternary nitrogens is 1. The van der Waals surface area contributed by atoms with E-state index in [1.165, 1.54) is 106 Å². The summed E-state index contributed by atoms with van der Waals surface area (Å²) in [6.07, 6.45) is 13.7. The number of hydrogen-bond donors (Lipinski definition) is 0. The van der Waals surface area contributed by atoms with Crippen molar-refractivity contribution in [3.8, 4) is 5.75 Å². The Labute approximate surface area is 202 Å². The van der Waals surface area contributed by atoms with Crippen LogP contribution in [0.3, 0.4) is 0 Å². The maximum atomic E-state index is 5.94. The highest BCUT2D eigenvalue weighted by Gasteiger charge is 2.19. The number of unbranched alkanes of at least 4 members (excludes halogenated alkanes) is 9. The molecule has 0 saturated heterocycles. The van der Waals surface area contributed by atoms with Crippen molar-refractivity contribution >= 4 is 10.8 Å². The summed E-state index contributed by atoms with van der Waals surface area (Å²) in [5.41, 5.74) is 0. The molecule has 2 aromatic carbocycles. The number of ether oxygens (including phenoxy) is 1. The zero-order valence-electron chi connectivity index (χ0n) is 20.4. The Morgan fingerprint density at radius 1 is 0.613 bits per heavy atom. The SMILES string of the molecule is CC[N+](CC)(CC)CCCCCCCCCCCCOc1ccc2ccccc2c1.[Br-]. The third kappa shape index (κ3) is 10.4. The van der Waals surface area contributed by atoms with Gasteiger partial charge >= 0.3 is 0 Å². The van der Waals surface area contributed by atoms with Gasteiger partial charge in [0, 0.05) is 0 Å². The molecule has 0 aliphatic heterocycles. The zero-order valence-corrected chi connectivity index (χ0v) is 22.0. The molecule has 0 heterocycles. The van der Waals surface area contributed by atoms with E-state index in [9.17, 15) is 0 Å². The van der Waals surface area contributed by atoms with Crippen molar-refractivity contribution in [2.24, 2.45) is 0 Å². The number of halogens is 1. The first-order valence-electron chi connectivity index (χ1n) is 12.7. The highest BCUT2D eigenvalue weighted by atomic mass is 79.9. The molecular weight excluding hydrogens is 446 g/mol. The summed E-state index contributed by atoms with van der Waals surface area (Å²) in [6, 6.07) is 14.9. The second kappa shape index (κ2) is 16.6. The molecule has 31 heavy (non-hydrogen) atoms.